The smallest absolute Gasteiger partial charge is 0.224 e. The molecule has 1 aliphatic carbocycles. The van der Waals surface area contributed by atoms with Crippen LogP contribution in [0.5, 0.6) is 0 Å². The second-order valence-corrected chi connectivity index (χ2v) is 6.28. The Morgan fingerprint density at radius 3 is 2.33 bits per heavy atom. The molecule has 1 fully saturated rings. The van der Waals surface area contributed by atoms with Crippen LogP contribution < -0.4 is 10.6 Å². The number of hydrogen-bond donors (Lipinski definition) is 2. The summed E-state index contributed by atoms with van der Waals surface area (Å²) in [6.45, 7) is 14.1. The molecule has 0 aliphatic heterocycles. The van der Waals surface area contributed by atoms with E-state index in [1.807, 2.05) is 20.0 Å². The Balaban J connectivity index is 2.17. The van der Waals surface area contributed by atoms with Crippen molar-refractivity contribution in [2.45, 2.75) is 47.6 Å². The lowest BCUT2D eigenvalue weighted by Crippen LogP contribution is -2.14. The Bertz CT molecular complexity index is 437. The van der Waals surface area contributed by atoms with Crippen molar-refractivity contribution in [1.82, 2.24) is 9.97 Å². The summed E-state index contributed by atoms with van der Waals surface area (Å²) in [4.78, 5) is 8.81. The van der Waals surface area contributed by atoms with Gasteiger partial charge in [0.15, 0.2) is 0 Å². The highest BCUT2D eigenvalue weighted by molar-refractivity contribution is 5.50. The minimum atomic E-state index is 0.308. The molecule has 1 saturated carbocycles. The van der Waals surface area contributed by atoms with Gasteiger partial charge in [-0.05, 0) is 24.7 Å². The summed E-state index contributed by atoms with van der Waals surface area (Å²) in [6, 6.07) is 0.466. The van der Waals surface area contributed by atoms with Crippen LogP contribution in [0, 0.1) is 17.8 Å². The van der Waals surface area contributed by atoms with Crippen LogP contribution >= 0.6 is 0 Å². The van der Waals surface area contributed by atoms with E-state index < -0.39 is 0 Å². The van der Waals surface area contributed by atoms with Gasteiger partial charge in [-0.2, -0.15) is 4.98 Å². The van der Waals surface area contributed by atoms with Gasteiger partial charge in [0, 0.05) is 24.3 Å². The van der Waals surface area contributed by atoms with Crippen molar-refractivity contribution in [3.63, 3.8) is 0 Å². The minimum absolute atomic E-state index is 0.308. The van der Waals surface area contributed by atoms with E-state index in [0.717, 1.165) is 17.9 Å². The first-order valence-corrected chi connectivity index (χ1v) is 6.64. The molecule has 1 heterocycles. The Morgan fingerprint density at radius 2 is 1.83 bits per heavy atom. The van der Waals surface area contributed by atoms with E-state index in [1.54, 1.807) is 0 Å². The van der Waals surface area contributed by atoms with Gasteiger partial charge in [-0.15, -0.1) is 0 Å². The van der Waals surface area contributed by atoms with Gasteiger partial charge in [0.1, 0.15) is 5.82 Å². The number of nitrogens with one attached hydrogen (secondary N) is 2. The molecule has 0 aromatic carbocycles. The second kappa shape index (κ2) is 4.11. The fraction of sp³-hybridized carbons (Fsp3) is 0.714. The van der Waals surface area contributed by atoms with Gasteiger partial charge < -0.3 is 10.6 Å². The summed E-state index contributed by atoms with van der Waals surface area (Å²) < 4.78 is 0. The van der Waals surface area contributed by atoms with E-state index in [0.29, 0.717) is 22.8 Å². The Kier molecular flexibility index (Phi) is 2.99. The minimum Gasteiger partial charge on any atom is -0.366 e. The van der Waals surface area contributed by atoms with Crippen LogP contribution in [0.25, 0.3) is 0 Å². The maximum absolute atomic E-state index is 4.54. The summed E-state index contributed by atoms with van der Waals surface area (Å²) in [5.41, 5.74) is 1.71. The molecular weight excluding hydrogens is 224 g/mol. The molecule has 0 radical (unpaired) electrons. The molecule has 4 nitrogen and oxygen atoms in total. The summed E-state index contributed by atoms with van der Waals surface area (Å²) in [5.74, 6) is 1.64. The van der Waals surface area contributed by atoms with Crippen LogP contribution in [0.4, 0.5) is 11.8 Å². The topological polar surface area (TPSA) is 49.8 Å². The second-order valence-electron chi connectivity index (χ2n) is 6.28. The van der Waals surface area contributed by atoms with Gasteiger partial charge in [0.2, 0.25) is 5.95 Å². The zero-order valence-corrected chi connectivity index (χ0v) is 12.3. The zero-order valence-electron chi connectivity index (χ0n) is 12.3. The molecule has 4 heteroatoms. The SMILES string of the molecule is CCNc1ncc(C)c(NC2C(C)(C)C2(C)C)n1. The molecular formula is C14H24N4. The average Bonchev–Trinajstić information content (AvgIpc) is 2.66. The molecule has 1 aliphatic rings. The largest absolute Gasteiger partial charge is 0.366 e. The van der Waals surface area contributed by atoms with Crippen LogP contribution in [0.15, 0.2) is 6.20 Å². The molecule has 1 aromatic rings. The van der Waals surface area contributed by atoms with Crippen LogP contribution in [0.1, 0.15) is 40.2 Å². The lowest BCUT2D eigenvalue weighted by molar-refractivity contribution is 0.457. The number of aryl methyl sites for hydroxylation is 1. The fourth-order valence-corrected chi connectivity index (χ4v) is 2.53. The highest BCUT2D eigenvalue weighted by Gasteiger charge is 2.65. The molecule has 100 valence electrons. The van der Waals surface area contributed by atoms with Gasteiger partial charge in [0.05, 0.1) is 0 Å². The van der Waals surface area contributed by atoms with E-state index in [-0.39, 0.29) is 0 Å². The molecule has 0 atom stereocenters. The molecule has 2 N–H and O–H groups in total. The first-order chi connectivity index (χ1) is 8.30. The van der Waals surface area contributed by atoms with E-state index in [9.17, 15) is 0 Å². The highest BCUT2D eigenvalue weighted by atomic mass is 15.2. The van der Waals surface area contributed by atoms with E-state index in [4.69, 9.17) is 0 Å². The lowest BCUT2D eigenvalue weighted by atomic mass is 10.0. The lowest BCUT2D eigenvalue weighted by Gasteiger charge is -2.11. The zero-order chi connectivity index (χ0) is 13.6. The van der Waals surface area contributed by atoms with Crippen molar-refractivity contribution >= 4 is 11.8 Å². The molecule has 1 aromatic heterocycles. The Labute approximate surface area is 110 Å². The average molecular weight is 248 g/mol. The van der Waals surface area contributed by atoms with Gasteiger partial charge >= 0.3 is 0 Å². The first kappa shape index (κ1) is 13.1. The van der Waals surface area contributed by atoms with Crippen molar-refractivity contribution in [2.75, 3.05) is 17.2 Å². The third-order valence-corrected chi connectivity index (χ3v) is 4.61. The highest BCUT2D eigenvalue weighted by Crippen LogP contribution is 2.63. The van der Waals surface area contributed by atoms with Crippen LogP contribution in [-0.4, -0.2) is 22.6 Å². The molecule has 18 heavy (non-hydrogen) atoms. The normalized spacial score (nSPS) is 20.6. The van der Waals surface area contributed by atoms with Crippen molar-refractivity contribution < 1.29 is 0 Å². The fourth-order valence-electron chi connectivity index (χ4n) is 2.53. The summed E-state index contributed by atoms with van der Waals surface area (Å²) in [6.07, 6.45) is 1.87. The molecule has 2 rings (SSSR count). The van der Waals surface area contributed by atoms with Crippen molar-refractivity contribution in [1.29, 1.82) is 0 Å². The molecule has 0 saturated heterocycles. The van der Waals surface area contributed by atoms with E-state index >= 15 is 0 Å². The Morgan fingerprint density at radius 1 is 1.22 bits per heavy atom. The number of hydrogen-bond acceptors (Lipinski definition) is 4. The van der Waals surface area contributed by atoms with Crippen molar-refractivity contribution in [3.05, 3.63) is 11.8 Å². The number of nitrogens with zero attached hydrogens (tertiary/aromatic N) is 2. The molecule has 0 amide bonds. The Hall–Kier alpha value is -1.32. The van der Waals surface area contributed by atoms with E-state index in [2.05, 4.69) is 48.3 Å². The van der Waals surface area contributed by atoms with Gasteiger partial charge in [-0.1, -0.05) is 27.7 Å². The molecule has 0 unspecified atom stereocenters. The van der Waals surface area contributed by atoms with Crippen LogP contribution in [0.2, 0.25) is 0 Å². The molecule has 0 spiro atoms. The van der Waals surface area contributed by atoms with Crippen molar-refractivity contribution in [2.24, 2.45) is 10.8 Å². The third-order valence-electron chi connectivity index (χ3n) is 4.61. The van der Waals surface area contributed by atoms with Crippen LogP contribution in [0.3, 0.4) is 0 Å². The monoisotopic (exact) mass is 248 g/mol. The number of anilines is 2. The van der Waals surface area contributed by atoms with Crippen molar-refractivity contribution in [3.8, 4) is 0 Å². The van der Waals surface area contributed by atoms with Gasteiger partial charge in [0.25, 0.3) is 0 Å². The van der Waals surface area contributed by atoms with E-state index in [1.165, 1.54) is 0 Å². The number of aromatic nitrogens is 2. The summed E-state index contributed by atoms with van der Waals surface area (Å²) >= 11 is 0. The summed E-state index contributed by atoms with van der Waals surface area (Å²) in [5, 5.41) is 6.72. The van der Waals surface area contributed by atoms with Gasteiger partial charge in [-0.25, -0.2) is 4.98 Å². The quantitative estimate of drug-likeness (QED) is 0.860. The predicted molar refractivity (Wildman–Crippen MR) is 75.9 cm³/mol. The maximum atomic E-state index is 4.54. The third kappa shape index (κ3) is 1.93. The standard InChI is InChI=1S/C14H24N4/c1-7-15-12-16-8-9(2)10(18-12)17-11-13(3,4)14(11,5)6/h8,11H,7H2,1-6H3,(H2,15,16,17,18). The van der Waals surface area contributed by atoms with Gasteiger partial charge in [-0.3, -0.25) is 0 Å². The maximum Gasteiger partial charge on any atom is 0.224 e. The first-order valence-electron chi connectivity index (χ1n) is 6.64. The predicted octanol–water partition coefficient (Wildman–Crippen LogP) is 3.06. The molecule has 0 bridgehead atoms. The number of rotatable bonds is 4. The summed E-state index contributed by atoms with van der Waals surface area (Å²) in [7, 11) is 0. The van der Waals surface area contributed by atoms with Crippen LogP contribution in [-0.2, 0) is 0 Å².